The summed E-state index contributed by atoms with van der Waals surface area (Å²) in [6.07, 6.45) is 0. The number of fused-ring (bicyclic) bond motifs is 10. The lowest BCUT2D eigenvalue weighted by Gasteiger charge is -2.23. The van der Waals surface area contributed by atoms with E-state index in [0.29, 0.717) is 0 Å². The molecule has 0 radical (unpaired) electrons. The first kappa shape index (κ1) is 30.2. The van der Waals surface area contributed by atoms with E-state index in [1.807, 2.05) is 0 Å². The van der Waals surface area contributed by atoms with E-state index in [1.165, 1.54) is 109 Å². The Kier molecular flexibility index (Phi) is 6.40. The molecular formula is C53H36. The lowest BCUT2D eigenvalue weighted by atomic mass is 9.80. The van der Waals surface area contributed by atoms with Crippen LogP contribution < -0.4 is 0 Å². The Labute approximate surface area is 309 Å². The van der Waals surface area contributed by atoms with E-state index in [2.05, 4.69) is 196 Å². The van der Waals surface area contributed by atoms with Crippen LogP contribution in [0.1, 0.15) is 25.0 Å². The van der Waals surface area contributed by atoms with Crippen molar-refractivity contribution < 1.29 is 0 Å². The number of rotatable bonds is 3. The van der Waals surface area contributed by atoms with Crippen molar-refractivity contribution in [2.75, 3.05) is 0 Å². The van der Waals surface area contributed by atoms with Crippen molar-refractivity contribution in [2.45, 2.75) is 19.3 Å². The fourth-order valence-electron chi connectivity index (χ4n) is 9.25. The summed E-state index contributed by atoms with van der Waals surface area (Å²) in [4.78, 5) is 0. The van der Waals surface area contributed by atoms with Gasteiger partial charge in [0, 0.05) is 5.41 Å². The normalized spacial score (nSPS) is 13.2. The fourth-order valence-corrected chi connectivity index (χ4v) is 9.25. The van der Waals surface area contributed by atoms with Crippen molar-refractivity contribution in [1.29, 1.82) is 0 Å². The maximum Gasteiger partial charge on any atom is 0.0159 e. The van der Waals surface area contributed by atoms with Gasteiger partial charge in [0.15, 0.2) is 0 Å². The van der Waals surface area contributed by atoms with Gasteiger partial charge in [-0.05, 0) is 146 Å². The van der Waals surface area contributed by atoms with Gasteiger partial charge in [0.25, 0.3) is 0 Å². The molecule has 0 unspecified atom stereocenters. The minimum atomic E-state index is -0.128. The minimum absolute atomic E-state index is 0.128. The molecule has 0 amide bonds. The Morgan fingerprint density at radius 3 is 1.51 bits per heavy atom. The molecule has 0 heteroatoms. The highest BCUT2D eigenvalue weighted by atomic mass is 14.4. The Hall–Kier alpha value is -6.50. The van der Waals surface area contributed by atoms with Crippen molar-refractivity contribution in [1.82, 2.24) is 0 Å². The van der Waals surface area contributed by atoms with Crippen LogP contribution in [0.4, 0.5) is 0 Å². The number of benzene rings is 10. The van der Waals surface area contributed by atoms with Gasteiger partial charge in [-0.15, -0.1) is 0 Å². The maximum absolute atomic E-state index is 2.51. The average Bonchev–Trinajstić information content (AvgIpc) is 3.45. The summed E-state index contributed by atoms with van der Waals surface area (Å²) in [5.74, 6) is 0. The summed E-state index contributed by atoms with van der Waals surface area (Å²) in [5.41, 5.74) is 13.0. The van der Waals surface area contributed by atoms with Gasteiger partial charge in [-0.1, -0.05) is 159 Å². The van der Waals surface area contributed by atoms with Crippen LogP contribution in [0.25, 0.3) is 98.4 Å². The minimum Gasteiger partial charge on any atom is -0.0616 e. The first-order chi connectivity index (χ1) is 26.0. The maximum atomic E-state index is 2.51. The van der Waals surface area contributed by atoms with Crippen molar-refractivity contribution in [2.24, 2.45) is 0 Å². The second-order valence-electron chi connectivity index (χ2n) is 15.3. The molecule has 0 saturated heterocycles. The van der Waals surface area contributed by atoms with E-state index in [-0.39, 0.29) is 5.41 Å². The molecule has 0 spiro atoms. The van der Waals surface area contributed by atoms with E-state index < -0.39 is 0 Å². The van der Waals surface area contributed by atoms with Crippen LogP contribution >= 0.6 is 0 Å². The third kappa shape index (κ3) is 4.55. The molecule has 248 valence electrons. The largest absolute Gasteiger partial charge is 0.0616 e. The lowest BCUT2D eigenvalue weighted by Crippen LogP contribution is -2.15. The molecule has 0 atom stereocenters. The van der Waals surface area contributed by atoms with Crippen LogP contribution in [0.3, 0.4) is 0 Å². The van der Waals surface area contributed by atoms with Crippen LogP contribution in [-0.2, 0) is 5.41 Å². The third-order valence-electron chi connectivity index (χ3n) is 12.0. The lowest BCUT2D eigenvalue weighted by molar-refractivity contribution is 0.661. The van der Waals surface area contributed by atoms with Gasteiger partial charge in [-0.2, -0.15) is 0 Å². The van der Waals surface area contributed by atoms with E-state index in [9.17, 15) is 0 Å². The van der Waals surface area contributed by atoms with Gasteiger partial charge in [0.05, 0.1) is 0 Å². The number of hydrogen-bond acceptors (Lipinski definition) is 0. The molecule has 0 fully saturated rings. The molecule has 11 rings (SSSR count). The second-order valence-corrected chi connectivity index (χ2v) is 15.3. The Morgan fingerprint density at radius 2 is 0.755 bits per heavy atom. The van der Waals surface area contributed by atoms with Crippen molar-refractivity contribution in [3.8, 4) is 44.5 Å². The molecule has 10 aromatic rings. The molecule has 0 N–H and O–H groups in total. The van der Waals surface area contributed by atoms with E-state index >= 15 is 0 Å². The summed E-state index contributed by atoms with van der Waals surface area (Å²) >= 11 is 0. The Morgan fingerprint density at radius 1 is 0.283 bits per heavy atom. The van der Waals surface area contributed by atoms with Crippen molar-refractivity contribution in [3.63, 3.8) is 0 Å². The molecule has 0 nitrogen and oxygen atoms in total. The van der Waals surface area contributed by atoms with E-state index in [0.717, 1.165) is 0 Å². The van der Waals surface area contributed by atoms with Crippen LogP contribution in [0.2, 0.25) is 0 Å². The second kappa shape index (κ2) is 11.2. The first-order valence-corrected chi connectivity index (χ1v) is 18.7. The van der Waals surface area contributed by atoms with E-state index in [1.54, 1.807) is 0 Å². The zero-order valence-corrected chi connectivity index (χ0v) is 29.8. The van der Waals surface area contributed by atoms with E-state index in [4.69, 9.17) is 0 Å². The standard InChI is InChI=1S/C53H36/c1-53(2)49-26-25-34-12-5-8-16-44(34)51(49)52-46-18-10-9-17-45(46)48(32-50(52)53)42-30-40-14-6-7-15-43(40)47(31-42)41-24-23-38-28-37(21-22-39(38)29-41)36-20-19-33-11-3-4-13-35(33)27-36/h3-32H,1-2H3. The summed E-state index contributed by atoms with van der Waals surface area (Å²) in [5, 5.41) is 12.8. The molecular weight excluding hydrogens is 637 g/mol. The molecule has 0 heterocycles. The molecule has 0 aliphatic heterocycles. The zero-order chi connectivity index (χ0) is 35.3. The highest BCUT2D eigenvalue weighted by Gasteiger charge is 2.38. The fraction of sp³-hybridized carbons (Fsp3) is 0.0566. The summed E-state index contributed by atoms with van der Waals surface area (Å²) in [7, 11) is 0. The molecule has 10 aromatic carbocycles. The third-order valence-corrected chi connectivity index (χ3v) is 12.0. The molecule has 0 saturated carbocycles. The average molecular weight is 673 g/mol. The highest BCUT2D eigenvalue weighted by molar-refractivity contribution is 6.15. The van der Waals surface area contributed by atoms with Gasteiger partial charge in [0.1, 0.15) is 0 Å². The van der Waals surface area contributed by atoms with Gasteiger partial charge >= 0.3 is 0 Å². The Balaban J connectivity index is 1.09. The predicted octanol–water partition coefficient (Wildman–Crippen LogP) is 14.8. The SMILES string of the molecule is CC1(C)c2ccc3ccccc3c2-c2c1cc(-c1cc(-c3ccc4cc(-c5ccc6ccccc6c5)ccc4c3)c3ccccc3c1)c1ccccc21. The molecule has 1 aliphatic carbocycles. The molecule has 1 aliphatic rings. The molecule has 53 heavy (non-hydrogen) atoms. The monoisotopic (exact) mass is 672 g/mol. The van der Waals surface area contributed by atoms with Crippen LogP contribution in [-0.4, -0.2) is 0 Å². The van der Waals surface area contributed by atoms with Crippen LogP contribution in [0, 0.1) is 0 Å². The number of hydrogen-bond donors (Lipinski definition) is 0. The van der Waals surface area contributed by atoms with Crippen molar-refractivity contribution >= 4 is 53.9 Å². The summed E-state index contributed by atoms with van der Waals surface area (Å²) in [6, 6.07) is 68.0. The molecule has 0 bridgehead atoms. The van der Waals surface area contributed by atoms with Gasteiger partial charge in [-0.3, -0.25) is 0 Å². The predicted molar refractivity (Wildman–Crippen MR) is 228 cm³/mol. The van der Waals surface area contributed by atoms with Gasteiger partial charge in [-0.25, -0.2) is 0 Å². The van der Waals surface area contributed by atoms with Crippen LogP contribution in [0.15, 0.2) is 182 Å². The van der Waals surface area contributed by atoms with Gasteiger partial charge in [0.2, 0.25) is 0 Å². The van der Waals surface area contributed by atoms with Crippen molar-refractivity contribution in [3.05, 3.63) is 193 Å². The molecule has 0 aromatic heterocycles. The summed E-state index contributed by atoms with van der Waals surface area (Å²) in [6.45, 7) is 4.80. The smallest absolute Gasteiger partial charge is 0.0159 e. The zero-order valence-electron chi connectivity index (χ0n) is 29.8. The quantitative estimate of drug-likeness (QED) is 0.175. The van der Waals surface area contributed by atoms with Crippen LogP contribution in [0.5, 0.6) is 0 Å². The highest BCUT2D eigenvalue weighted by Crippen LogP contribution is 2.55. The first-order valence-electron chi connectivity index (χ1n) is 18.7. The Bertz CT molecular complexity index is 3140. The topological polar surface area (TPSA) is 0 Å². The van der Waals surface area contributed by atoms with Gasteiger partial charge < -0.3 is 0 Å². The summed E-state index contributed by atoms with van der Waals surface area (Å²) < 4.78 is 0.